The number of aromatic nitrogens is 2. The first-order valence-corrected chi connectivity index (χ1v) is 5.76. The van der Waals surface area contributed by atoms with Gasteiger partial charge in [0, 0.05) is 6.07 Å². The quantitative estimate of drug-likeness (QED) is 0.822. The highest BCUT2D eigenvalue weighted by molar-refractivity contribution is 5.75. The lowest BCUT2D eigenvalue weighted by atomic mass is 10.00. The molecule has 0 aliphatic heterocycles. The van der Waals surface area contributed by atoms with Gasteiger partial charge in [0.2, 0.25) is 5.88 Å². The Hall–Kier alpha value is -1.65. The van der Waals surface area contributed by atoms with Crippen LogP contribution in [-0.4, -0.2) is 27.1 Å². The van der Waals surface area contributed by atoms with Gasteiger partial charge in [-0.3, -0.25) is 4.79 Å². The SMILES string of the molecule is CCCC(C(=O)O)c1cc(OC(C)C)ncn1. The van der Waals surface area contributed by atoms with Crippen molar-refractivity contribution in [3.63, 3.8) is 0 Å². The summed E-state index contributed by atoms with van der Waals surface area (Å²) in [6, 6.07) is 1.61. The molecule has 5 heteroatoms. The molecule has 0 aliphatic rings. The Morgan fingerprint density at radius 1 is 1.47 bits per heavy atom. The Bertz CT molecular complexity index is 380. The van der Waals surface area contributed by atoms with E-state index in [9.17, 15) is 4.79 Å². The molecule has 0 spiro atoms. The van der Waals surface area contributed by atoms with Crippen molar-refractivity contribution in [2.24, 2.45) is 0 Å². The van der Waals surface area contributed by atoms with Crippen LogP contribution in [0.15, 0.2) is 12.4 Å². The molecule has 0 saturated carbocycles. The van der Waals surface area contributed by atoms with Crippen LogP contribution >= 0.6 is 0 Å². The molecule has 5 nitrogen and oxygen atoms in total. The molecule has 1 rings (SSSR count). The highest BCUT2D eigenvalue weighted by atomic mass is 16.5. The third-order valence-electron chi connectivity index (χ3n) is 2.25. The van der Waals surface area contributed by atoms with Gasteiger partial charge in [-0.1, -0.05) is 13.3 Å². The molecule has 1 atom stereocenters. The molecular weight excluding hydrogens is 220 g/mol. The standard InChI is InChI=1S/C12H18N2O3/c1-4-5-9(12(15)16)10-6-11(14-7-13-10)17-8(2)3/h6-9H,4-5H2,1-3H3,(H,15,16). The minimum atomic E-state index is -0.860. The summed E-state index contributed by atoms with van der Waals surface area (Å²) < 4.78 is 5.42. The minimum absolute atomic E-state index is 0.00667. The number of hydrogen-bond donors (Lipinski definition) is 1. The highest BCUT2D eigenvalue weighted by Gasteiger charge is 2.21. The van der Waals surface area contributed by atoms with Crippen LogP contribution in [0.2, 0.25) is 0 Å². The normalized spacial score (nSPS) is 12.5. The van der Waals surface area contributed by atoms with Crippen molar-refractivity contribution in [2.75, 3.05) is 0 Å². The smallest absolute Gasteiger partial charge is 0.312 e. The molecule has 94 valence electrons. The zero-order chi connectivity index (χ0) is 12.8. The number of ether oxygens (including phenoxy) is 1. The lowest BCUT2D eigenvalue weighted by Crippen LogP contribution is -2.14. The van der Waals surface area contributed by atoms with Crippen LogP contribution in [0.25, 0.3) is 0 Å². The van der Waals surface area contributed by atoms with Gasteiger partial charge in [0.1, 0.15) is 6.33 Å². The molecule has 1 heterocycles. The van der Waals surface area contributed by atoms with E-state index in [0.29, 0.717) is 18.0 Å². The van der Waals surface area contributed by atoms with Gasteiger partial charge in [-0.2, -0.15) is 0 Å². The van der Waals surface area contributed by atoms with E-state index < -0.39 is 11.9 Å². The van der Waals surface area contributed by atoms with Gasteiger partial charge in [0.25, 0.3) is 0 Å². The van der Waals surface area contributed by atoms with Gasteiger partial charge in [-0.25, -0.2) is 9.97 Å². The summed E-state index contributed by atoms with van der Waals surface area (Å²) in [7, 11) is 0. The molecule has 0 aliphatic carbocycles. The average molecular weight is 238 g/mol. The van der Waals surface area contributed by atoms with E-state index >= 15 is 0 Å². The Kier molecular flexibility index (Phi) is 4.87. The summed E-state index contributed by atoms with van der Waals surface area (Å²) >= 11 is 0. The largest absolute Gasteiger partial charge is 0.481 e. The molecular formula is C12H18N2O3. The van der Waals surface area contributed by atoms with Gasteiger partial charge in [-0.05, 0) is 20.3 Å². The molecule has 0 aromatic carbocycles. The zero-order valence-electron chi connectivity index (χ0n) is 10.4. The summed E-state index contributed by atoms with van der Waals surface area (Å²) in [5.74, 6) is -1.02. The summed E-state index contributed by atoms with van der Waals surface area (Å²) in [4.78, 5) is 19.1. The van der Waals surface area contributed by atoms with Crippen LogP contribution < -0.4 is 4.74 Å². The number of carboxylic acid groups (broad SMARTS) is 1. The topological polar surface area (TPSA) is 72.3 Å². The molecule has 0 bridgehead atoms. The van der Waals surface area contributed by atoms with Crippen molar-refractivity contribution in [3.05, 3.63) is 18.1 Å². The lowest BCUT2D eigenvalue weighted by molar-refractivity contribution is -0.139. The fourth-order valence-electron chi connectivity index (χ4n) is 1.54. The molecule has 0 radical (unpaired) electrons. The van der Waals surface area contributed by atoms with Gasteiger partial charge in [0.15, 0.2) is 0 Å². The third kappa shape index (κ3) is 4.01. The van der Waals surface area contributed by atoms with Crippen LogP contribution in [0.3, 0.4) is 0 Å². The number of hydrogen-bond acceptors (Lipinski definition) is 4. The zero-order valence-corrected chi connectivity index (χ0v) is 10.4. The first-order chi connectivity index (χ1) is 8.04. The van der Waals surface area contributed by atoms with Crippen LogP contribution in [0.5, 0.6) is 5.88 Å². The van der Waals surface area contributed by atoms with Crippen LogP contribution in [0, 0.1) is 0 Å². The molecule has 1 aromatic heterocycles. The fraction of sp³-hybridized carbons (Fsp3) is 0.583. The number of nitrogens with zero attached hydrogens (tertiary/aromatic N) is 2. The van der Waals surface area contributed by atoms with Crippen molar-refractivity contribution in [3.8, 4) is 5.88 Å². The van der Waals surface area contributed by atoms with E-state index in [1.54, 1.807) is 6.07 Å². The maximum absolute atomic E-state index is 11.1. The maximum Gasteiger partial charge on any atom is 0.312 e. The Morgan fingerprint density at radius 2 is 2.18 bits per heavy atom. The van der Waals surface area contributed by atoms with Gasteiger partial charge in [-0.15, -0.1) is 0 Å². The van der Waals surface area contributed by atoms with Gasteiger partial charge in [0.05, 0.1) is 17.7 Å². The second-order valence-corrected chi connectivity index (χ2v) is 4.13. The van der Waals surface area contributed by atoms with E-state index in [1.807, 2.05) is 20.8 Å². The second-order valence-electron chi connectivity index (χ2n) is 4.13. The van der Waals surface area contributed by atoms with E-state index in [-0.39, 0.29) is 6.10 Å². The first-order valence-electron chi connectivity index (χ1n) is 5.76. The summed E-state index contributed by atoms with van der Waals surface area (Å²) in [5.41, 5.74) is 0.505. The summed E-state index contributed by atoms with van der Waals surface area (Å²) in [6.45, 7) is 5.73. The van der Waals surface area contributed by atoms with E-state index in [1.165, 1.54) is 6.33 Å². The van der Waals surface area contributed by atoms with Crippen LogP contribution in [0.4, 0.5) is 0 Å². The number of rotatable bonds is 6. The third-order valence-corrected chi connectivity index (χ3v) is 2.25. The Morgan fingerprint density at radius 3 is 2.71 bits per heavy atom. The van der Waals surface area contributed by atoms with E-state index in [4.69, 9.17) is 9.84 Å². The van der Waals surface area contributed by atoms with Crippen molar-refractivity contribution >= 4 is 5.97 Å². The van der Waals surface area contributed by atoms with Crippen molar-refractivity contribution < 1.29 is 14.6 Å². The number of aliphatic carboxylic acids is 1. The molecule has 17 heavy (non-hydrogen) atoms. The Balaban J connectivity index is 2.91. The molecule has 0 amide bonds. The monoisotopic (exact) mass is 238 g/mol. The Labute approximate surface area is 101 Å². The van der Waals surface area contributed by atoms with Gasteiger partial charge < -0.3 is 9.84 Å². The number of carboxylic acids is 1. The van der Waals surface area contributed by atoms with E-state index in [0.717, 1.165) is 6.42 Å². The van der Waals surface area contributed by atoms with Crippen LogP contribution in [0.1, 0.15) is 45.2 Å². The maximum atomic E-state index is 11.1. The summed E-state index contributed by atoms with van der Waals surface area (Å²) in [5, 5.41) is 9.13. The first kappa shape index (κ1) is 13.4. The van der Waals surface area contributed by atoms with Crippen molar-refractivity contribution in [2.45, 2.75) is 45.6 Å². The van der Waals surface area contributed by atoms with Crippen molar-refractivity contribution in [1.82, 2.24) is 9.97 Å². The predicted octanol–water partition coefficient (Wildman–Crippen LogP) is 2.23. The van der Waals surface area contributed by atoms with Crippen molar-refractivity contribution in [1.29, 1.82) is 0 Å². The summed E-state index contributed by atoms with van der Waals surface area (Å²) in [6.07, 6.45) is 2.71. The van der Waals surface area contributed by atoms with E-state index in [2.05, 4.69) is 9.97 Å². The van der Waals surface area contributed by atoms with Crippen LogP contribution in [-0.2, 0) is 4.79 Å². The molecule has 0 saturated heterocycles. The lowest BCUT2D eigenvalue weighted by Gasteiger charge is -2.13. The van der Waals surface area contributed by atoms with Gasteiger partial charge >= 0.3 is 5.97 Å². The number of carbonyl (C=O) groups is 1. The fourth-order valence-corrected chi connectivity index (χ4v) is 1.54. The molecule has 1 aromatic rings. The molecule has 1 N–H and O–H groups in total. The second kappa shape index (κ2) is 6.18. The highest BCUT2D eigenvalue weighted by Crippen LogP contribution is 2.22. The molecule has 0 fully saturated rings. The molecule has 1 unspecified atom stereocenters. The average Bonchev–Trinajstić information content (AvgIpc) is 2.24. The minimum Gasteiger partial charge on any atom is -0.481 e. The predicted molar refractivity (Wildman–Crippen MR) is 63.1 cm³/mol.